The molecule has 0 amide bonds. The van der Waals surface area contributed by atoms with Gasteiger partial charge in [0.1, 0.15) is 23.0 Å². The number of nitrogens with two attached hydrogens (primary N) is 1. The Bertz CT molecular complexity index is 1780. The molecule has 0 spiro atoms. The van der Waals surface area contributed by atoms with E-state index in [0.717, 1.165) is 68.8 Å². The molecule has 0 bridgehead atoms. The Morgan fingerprint density at radius 3 is 2.62 bits per heavy atom. The van der Waals surface area contributed by atoms with Gasteiger partial charge >= 0.3 is 0 Å². The Labute approximate surface area is 210 Å². The average Bonchev–Trinajstić information content (AvgIpc) is 3.49. The fraction of sp³-hybridized carbons (Fsp3) is 0.148. The predicted molar refractivity (Wildman–Crippen MR) is 140 cm³/mol. The number of nitrogens with zero attached hydrogens (tertiary/aromatic N) is 6. The first kappa shape index (κ1) is 21.6. The lowest BCUT2D eigenvalue weighted by Crippen LogP contribution is -2.56. The molecule has 1 aromatic carbocycles. The van der Waals surface area contributed by atoms with Gasteiger partial charge in [-0.25, -0.2) is 9.37 Å². The number of hydrogen-bond donors (Lipinski definition) is 3. The number of fused-ring (bicyclic) bond motifs is 2. The Morgan fingerprint density at radius 1 is 0.919 bits per heavy atom. The number of hydrogen-bond acceptors (Lipinski definition) is 7. The number of halogens is 1. The molecular formula is C27H22FN9. The van der Waals surface area contributed by atoms with E-state index in [1.807, 2.05) is 25.1 Å². The van der Waals surface area contributed by atoms with E-state index in [1.165, 1.54) is 12.1 Å². The monoisotopic (exact) mass is 491 g/mol. The molecule has 1 saturated heterocycles. The van der Waals surface area contributed by atoms with Crippen LogP contribution < -0.4 is 10.6 Å². The molecular weight excluding hydrogens is 469 g/mol. The van der Waals surface area contributed by atoms with Gasteiger partial charge in [0.05, 0.1) is 47.2 Å². The van der Waals surface area contributed by atoms with E-state index in [2.05, 4.69) is 35.0 Å². The SMILES string of the molecule is Cc1cc(F)cc(-c2cncc3[nH]c(-c4n[nH]c5cnc(-c6cncc(N7CC(N)C7)n6)cc45)cc23)c1. The van der Waals surface area contributed by atoms with Gasteiger partial charge in [0.2, 0.25) is 0 Å². The van der Waals surface area contributed by atoms with Crippen LogP contribution in [0.3, 0.4) is 0 Å². The highest BCUT2D eigenvalue weighted by Crippen LogP contribution is 2.34. The molecule has 0 saturated carbocycles. The number of H-pyrrole nitrogens is 2. The highest BCUT2D eigenvalue weighted by Gasteiger charge is 2.25. The van der Waals surface area contributed by atoms with E-state index >= 15 is 0 Å². The van der Waals surface area contributed by atoms with Gasteiger partial charge in [0.25, 0.3) is 0 Å². The van der Waals surface area contributed by atoms with Crippen LogP contribution in [0, 0.1) is 12.7 Å². The van der Waals surface area contributed by atoms with Crippen molar-refractivity contribution in [2.45, 2.75) is 13.0 Å². The largest absolute Gasteiger partial charge is 0.352 e. The minimum atomic E-state index is -0.273. The van der Waals surface area contributed by atoms with Gasteiger partial charge in [0.15, 0.2) is 0 Å². The number of aromatic nitrogens is 7. The van der Waals surface area contributed by atoms with Gasteiger partial charge in [-0.15, -0.1) is 0 Å². The second-order valence-corrected chi connectivity index (χ2v) is 9.46. The lowest BCUT2D eigenvalue weighted by molar-refractivity contribution is 0.514. The lowest BCUT2D eigenvalue weighted by Gasteiger charge is -2.37. The van der Waals surface area contributed by atoms with E-state index in [4.69, 9.17) is 10.7 Å². The molecule has 7 rings (SSSR count). The molecule has 9 nitrogen and oxygen atoms in total. The van der Waals surface area contributed by atoms with E-state index < -0.39 is 0 Å². The molecule has 6 aromatic rings. The first-order valence-electron chi connectivity index (χ1n) is 11.9. The zero-order chi connectivity index (χ0) is 25.1. The van der Waals surface area contributed by atoms with Crippen LogP contribution in [0.1, 0.15) is 5.56 Å². The fourth-order valence-electron chi connectivity index (χ4n) is 4.89. The Kier molecular flexibility index (Phi) is 4.76. The standard InChI is InChI=1S/C27H22FN9/c1-14-2-15(4-16(28)3-14)20-7-30-8-23-18(20)5-22(33-23)27-19-6-21(32-10-24(19)35-36-27)25-9-31-11-26(34-25)37-12-17(29)13-37/h2-11,17,33H,12-13,29H2,1H3,(H,35,36). The van der Waals surface area contributed by atoms with E-state index in [-0.39, 0.29) is 11.9 Å². The van der Waals surface area contributed by atoms with Crippen molar-refractivity contribution in [3.8, 4) is 33.9 Å². The van der Waals surface area contributed by atoms with E-state index in [1.54, 1.807) is 31.0 Å². The molecule has 0 aliphatic carbocycles. The zero-order valence-electron chi connectivity index (χ0n) is 19.9. The van der Waals surface area contributed by atoms with Crippen LogP contribution in [0.25, 0.3) is 55.7 Å². The number of pyridine rings is 2. The summed E-state index contributed by atoms with van der Waals surface area (Å²) < 4.78 is 14.1. The molecule has 0 radical (unpaired) electrons. The van der Waals surface area contributed by atoms with Crippen molar-refractivity contribution in [1.29, 1.82) is 0 Å². The topological polar surface area (TPSA) is 125 Å². The molecule has 5 aromatic heterocycles. The molecule has 1 aliphatic rings. The van der Waals surface area contributed by atoms with Crippen molar-refractivity contribution in [2.24, 2.45) is 5.73 Å². The van der Waals surface area contributed by atoms with Crippen molar-refractivity contribution in [3.05, 3.63) is 72.7 Å². The van der Waals surface area contributed by atoms with Crippen molar-refractivity contribution in [1.82, 2.24) is 35.1 Å². The van der Waals surface area contributed by atoms with Crippen LogP contribution in [0.4, 0.5) is 10.2 Å². The maximum Gasteiger partial charge on any atom is 0.147 e. The summed E-state index contributed by atoms with van der Waals surface area (Å²) in [6, 6.07) is 9.16. The Morgan fingerprint density at radius 2 is 1.78 bits per heavy atom. The predicted octanol–water partition coefficient (Wildman–Crippen LogP) is 4.22. The molecule has 37 heavy (non-hydrogen) atoms. The van der Waals surface area contributed by atoms with Crippen molar-refractivity contribution >= 4 is 27.6 Å². The van der Waals surface area contributed by atoms with Crippen LogP contribution in [-0.2, 0) is 0 Å². The third kappa shape index (κ3) is 3.69. The van der Waals surface area contributed by atoms with Crippen LogP contribution in [0.5, 0.6) is 0 Å². The molecule has 0 unspecified atom stereocenters. The summed E-state index contributed by atoms with van der Waals surface area (Å²) >= 11 is 0. The molecule has 1 fully saturated rings. The quantitative estimate of drug-likeness (QED) is 0.337. The second-order valence-electron chi connectivity index (χ2n) is 9.46. The van der Waals surface area contributed by atoms with Gasteiger partial charge in [-0.05, 0) is 42.3 Å². The van der Waals surface area contributed by atoms with Crippen molar-refractivity contribution in [3.63, 3.8) is 0 Å². The fourth-order valence-corrected chi connectivity index (χ4v) is 4.89. The van der Waals surface area contributed by atoms with Crippen LogP contribution in [-0.4, -0.2) is 54.2 Å². The van der Waals surface area contributed by atoms with E-state index in [0.29, 0.717) is 11.4 Å². The van der Waals surface area contributed by atoms with Crippen molar-refractivity contribution in [2.75, 3.05) is 18.0 Å². The maximum atomic E-state index is 14.1. The summed E-state index contributed by atoms with van der Waals surface area (Å²) in [6.45, 7) is 3.41. The Hall–Kier alpha value is -4.70. The molecule has 4 N–H and O–H groups in total. The summed E-state index contributed by atoms with van der Waals surface area (Å²) in [5, 5.41) is 9.47. The molecule has 6 heterocycles. The summed E-state index contributed by atoms with van der Waals surface area (Å²) in [6.07, 6.45) is 8.72. The second kappa shape index (κ2) is 8.17. The summed E-state index contributed by atoms with van der Waals surface area (Å²) in [5.41, 5.74) is 13.0. The van der Waals surface area contributed by atoms with Gasteiger partial charge in [-0.3, -0.25) is 20.1 Å². The van der Waals surface area contributed by atoms with Gasteiger partial charge in [-0.2, -0.15) is 5.10 Å². The Balaban J connectivity index is 1.31. The summed E-state index contributed by atoms with van der Waals surface area (Å²) in [5.74, 6) is 0.516. The number of rotatable bonds is 4. The molecule has 10 heteroatoms. The third-order valence-corrected chi connectivity index (χ3v) is 6.72. The zero-order valence-corrected chi connectivity index (χ0v) is 19.9. The molecule has 182 valence electrons. The average molecular weight is 492 g/mol. The lowest BCUT2D eigenvalue weighted by atomic mass is 10.0. The first-order valence-corrected chi connectivity index (χ1v) is 11.9. The van der Waals surface area contributed by atoms with Gasteiger partial charge in [-0.1, -0.05) is 6.07 Å². The minimum Gasteiger partial charge on any atom is -0.352 e. The number of benzene rings is 1. The highest BCUT2D eigenvalue weighted by molar-refractivity contribution is 6.01. The summed E-state index contributed by atoms with van der Waals surface area (Å²) in [7, 11) is 0. The van der Waals surface area contributed by atoms with Crippen LogP contribution in [0.2, 0.25) is 0 Å². The van der Waals surface area contributed by atoms with Gasteiger partial charge in [0, 0.05) is 41.7 Å². The normalized spacial score (nSPS) is 14.0. The molecule has 0 atom stereocenters. The number of aromatic amines is 2. The smallest absolute Gasteiger partial charge is 0.147 e. The van der Waals surface area contributed by atoms with E-state index in [9.17, 15) is 4.39 Å². The number of anilines is 1. The summed E-state index contributed by atoms with van der Waals surface area (Å²) in [4.78, 5) is 23.6. The third-order valence-electron chi connectivity index (χ3n) is 6.72. The van der Waals surface area contributed by atoms with Gasteiger partial charge < -0.3 is 15.6 Å². The minimum absolute atomic E-state index is 0.172. The first-order chi connectivity index (χ1) is 18.0. The number of aryl methyl sites for hydroxylation is 1. The maximum absolute atomic E-state index is 14.1. The highest BCUT2D eigenvalue weighted by atomic mass is 19.1. The number of nitrogens with one attached hydrogen (secondary N) is 2. The molecule has 1 aliphatic heterocycles. The van der Waals surface area contributed by atoms with Crippen LogP contribution >= 0.6 is 0 Å². The van der Waals surface area contributed by atoms with Crippen LogP contribution in [0.15, 0.2) is 61.3 Å². The van der Waals surface area contributed by atoms with Crippen molar-refractivity contribution < 1.29 is 4.39 Å².